The minimum absolute atomic E-state index is 0.00740. The van der Waals surface area contributed by atoms with Crippen molar-refractivity contribution >= 4 is 17.2 Å². The molecule has 31 heavy (non-hydrogen) atoms. The lowest BCUT2D eigenvalue weighted by atomic mass is 9.98. The first-order chi connectivity index (χ1) is 14.8. The summed E-state index contributed by atoms with van der Waals surface area (Å²) in [7, 11) is 1.60. The number of benzene rings is 2. The molecule has 0 radical (unpaired) electrons. The van der Waals surface area contributed by atoms with Crippen molar-refractivity contribution in [2.45, 2.75) is 24.9 Å². The van der Waals surface area contributed by atoms with Gasteiger partial charge in [-0.2, -0.15) is 13.2 Å². The quantitative estimate of drug-likeness (QED) is 0.548. The summed E-state index contributed by atoms with van der Waals surface area (Å²) in [5, 5.41) is 10.2. The van der Waals surface area contributed by atoms with Crippen molar-refractivity contribution in [1.29, 1.82) is 0 Å². The Morgan fingerprint density at radius 2 is 1.94 bits per heavy atom. The predicted molar refractivity (Wildman–Crippen MR) is 111 cm³/mol. The monoisotopic (exact) mass is 447 g/mol. The van der Waals surface area contributed by atoms with Gasteiger partial charge in [0.25, 0.3) is 5.91 Å². The average Bonchev–Trinajstić information content (AvgIpc) is 3.29. The Morgan fingerprint density at radius 3 is 2.65 bits per heavy atom. The molecule has 1 aromatic heterocycles. The van der Waals surface area contributed by atoms with E-state index < -0.39 is 17.6 Å². The van der Waals surface area contributed by atoms with Gasteiger partial charge in [0.2, 0.25) is 0 Å². The van der Waals surface area contributed by atoms with Crippen LogP contribution in [0.15, 0.2) is 48.5 Å². The molecule has 1 fully saturated rings. The summed E-state index contributed by atoms with van der Waals surface area (Å²) in [5.41, 5.74) is 0.157. The van der Waals surface area contributed by atoms with Crippen LogP contribution in [0.3, 0.4) is 0 Å². The number of piperidine rings is 1. The second-order valence-corrected chi connectivity index (χ2v) is 8.35. The lowest BCUT2D eigenvalue weighted by molar-refractivity contribution is -0.137. The first-order valence-electron chi connectivity index (χ1n) is 9.79. The molecule has 0 aliphatic carbocycles. The van der Waals surface area contributed by atoms with Gasteiger partial charge in [-0.05, 0) is 55.3 Å². The van der Waals surface area contributed by atoms with E-state index in [1.807, 2.05) is 24.3 Å². The molecule has 0 spiro atoms. The van der Waals surface area contributed by atoms with Gasteiger partial charge in [-0.15, -0.1) is 10.2 Å². The van der Waals surface area contributed by atoms with E-state index in [0.29, 0.717) is 13.1 Å². The number of rotatable bonds is 4. The number of carbonyl (C=O) groups excluding carboxylic acids is 1. The first-order valence-corrected chi connectivity index (χ1v) is 10.6. The number of ether oxygens (including phenoxy) is 1. The van der Waals surface area contributed by atoms with E-state index in [1.165, 1.54) is 23.5 Å². The van der Waals surface area contributed by atoms with E-state index in [-0.39, 0.29) is 11.5 Å². The third-order valence-corrected chi connectivity index (χ3v) is 6.41. The Kier molecular flexibility index (Phi) is 5.95. The highest BCUT2D eigenvalue weighted by Gasteiger charge is 2.32. The van der Waals surface area contributed by atoms with Crippen molar-refractivity contribution in [3.8, 4) is 16.3 Å². The SMILES string of the molecule is COc1ccc(-c2nnc(C3CCCN(C(=O)c4cccc(C(F)(F)F)c4)C3)s2)cc1. The molecule has 0 bridgehead atoms. The molecule has 1 amide bonds. The van der Waals surface area contributed by atoms with Crippen LogP contribution in [0.2, 0.25) is 0 Å². The number of nitrogens with zero attached hydrogens (tertiary/aromatic N) is 3. The third-order valence-electron chi connectivity index (χ3n) is 5.27. The molecule has 0 saturated carbocycles. The van der Waals surface area contributed by atoms with Crippen LogP contribution < -0.4 is 4.74 Å². The number of alkyl halides is 3. The van der Waals surface area contributed by atoms with Crippen LogP contribution in [0.25, 0.3) is 10.6 Å². The van der Waals surface area contributed by atoms with E-state index in [4.69, 9.17) is 4.74 Å². The van der Waals surface area contributed by atoms with E-state index in [1.54, 1.807) is 12.0 Å². The van der Waals surface area contributed by atoms with Crippen molar-refractivity contribution in [1.82, 2.24) is 15.1 Å². The van der Waals surface area contributed by atoms with Gasteiger partial charge in [0.05, 0.1) is 12.7 Å². The molecule has 162 valence electrons. The Labute approximate surface area is 181 Å². The molecule has 1 unspecified atom stereocenters. The van der Waals surface area contributed by atoms with E-state index in [0.717, 1.165) is 46.3 Å². The standard InChI is InChI=1S/C22H20F3N3O2S/c1-30-18-9-7-14(8-10-18)19-26-27-20(31-19)16-5-3-11-28(13-16)21(29)15-4-2-6-17(12-15)22(23,24)25/h2,4,6-10,12,16H,3,5,11,13H2,1H3. The van der Waals surface area contributed by atoms with Crippen LogP contribution in [0.5, 0.6) is 5.75 Å². The number of halogens is 3. The number of carbonyl (C=O) groups is 1. The highest BCUT2D eigenvalue weighted by molar-refractivity contribution is 7.14. The second kappa shape index (κ2) is 8.66. The van der Waals surface area contributed by atoms with Gasteiger partial charge < -0.3 is 9.64 Å². The van der Waals surface area contributed by atoms with Gasteiger partial charge in [-0.1, -0.05) is 17.4 Å². The Balaban J connectivity index is 1.49. The predicted octanol–water partition coefficient (Wildman–Crippen LogP) is 5.25. The Morgan fingerprint density at radius 1 is 1.16 bits per heavy atom. The Hall–Kier alpha value is -2.94. The molecule has 3 aromatic rings. The van der Waals surface area contributed by atoms with Crippen LogP contribution >= 0.6 is 11.3 Å². The van der Waals surface area contributed by atoms with Crippen molar-refractivity contribution in [2.75, 3.05) is 20.2 Å². The zero-order chi connectivity index (χ0) is 22.0. The second-order valence-electron chi connectivity index (χ2n) is 7.34. The zero-order valence-corrected chi connectivity index (χ0v) is 17.5. The average molecular weight is 447 g/mol. The number of amides is 1. The third kappa shape index (κ3) is 4.71. The molecule has 9 heteroatoms. The molecule has 1 atom stereocenters. The van der Waals surface area contributed by atoms with Gasteiger partial charge in [-0.25, -0.2) is 0 Å². The summed E-state index contributed by atoms with van der Waals surface area (Å²) in [5.74, 6) is 0.369. The molecular formula is C22H20F3N3O2S. The molecule has 1 aliphatic heterocycles. The van der Waals surface area contributed by atoms with Crippen LogP contribution in [-0.2, 0) is 6.18 Å². The van der Waals surface area contributed by atoms with Crippen LogP contribution in [0.4, 0.5) is 13.2 Å². The number of hydrogen-bond acceptors (Lipinski definition) is 5. The summed E-state index contributed by atoms with van der Waals surface area (Å²) in [4.78, 5) is 14.5. The molecule has 1 aliphatic rings. The Bertz CT molecular complexity index is 1070. The summed E-state index contributed by atoms with van der Waals surface area (Å²) < 4.78 is 44.2. The summed E-state index contributed by atoms with van der Waals surface area (Å²) in [6.45, 7) is 0.919. The largest absolute Gasteiger partial charge is 0.497 e. The highest BCUT2D eigenvalue weighted by Crippen LogP contribution is 2.34. The molecule has 2 aromatic carbocycles. The molecule has 5 nitrogen and oxygen atoms in total. The van der Waals surface area contributed by atoms with Crippen LogP contribution in [0.1, 0.15) is 39.7 Å². The number of hydrogen-bond donors (Lipinski definition) is 0. The minimum Gasteiger partial charge on any atom is -0.497 e. The van der Waals surface area contributed by atoms with Gasteiger partial charge in [0.1, 0.15) is 15.8 Å². The number of likely N-dealkylation sites (tertiary alicyclic amines) is 1. The number of methoxy groups -OCH3 is 1. The molecule has 2 heterocycles. The van der Waals surface area contributed by atoms with E-state index in [2.05, 4.69) is 10.2 Å². The molecule has 4 rings (SSSR count). The van der Waals surface area contributed by atoms with E-state index >= 15 is 0 Å². The van der Waals surface area contributed by atoms with Gasteiger partial charge in [0, 0.05) is 30.1 Å². The maximum Gasteiger partial charge on any atom is 0.416 e. The van der Waals surface area contributed by atoms with Crippen molar-refractivity contribution in [2.24, 2.45) is 0 Å². The lowest BCUT2D eigenvalue weighted by Gasteiger charge is -2.31. The fourth-order valence-corrected chi connectivity index (χ4v) is 4.60. The topological polar surface area (TPSA) is 55.3 Å². The van der Waals surface area contributed by atoms with Crippen molar-refractivity contribution in [3.63, 3.8) is 0 Å². The number of aromatic nitrogens is 2. The van der Waals surface area contributed by atoms with Gasteiger partial charge in [-0.3, -0.25) is 4.79 Å². The van der Waals surface area contributed by atoms with Crippen molar-refractivity contribution < 1.29 is 22.7 Å². The maximum atomic E-state index is 13.0. The van der Waals surface area contributed by atoms with Crippen LogP contribution in [-0.4, -0.2) is 41.2 Å². The lowest BCUT2D eigenvalue weighted by Crippen LogP contribution is -2.39. The maximum absolute atomic E-state index is 13.0. The molecular weight excluding hydrogens is 427 g/mol. The van der Waals surface area contributed by atoms with E-state index in [9.17, 15) is 18.0 Å². The van der Waals surface area contributed by atoms with Gasteiger partial charge in [0.15, 0.2) is 0 Å². The first kappa shape index (κ1) is 21.3. The zero-order valence-electron chi connectivity index (χ0n) is 16.7. The minimum atomic E-state index is -4.48. The van der Waals surface area contributed by atoms with Gasteiger partial charge >= 0.3 is 6.18 Å². The molecule has 0 N–H and O–H groups in total. The summed E-state index contributed by atoms with van der Waals surface area (Å²) in [6, 6.07) is 12.1. The normalized spacial score (nSPS) is 16.9. The fraction of sp³-hybridized carbons (Fsp3) is 0.318. The summed E-state index contributed by atoms with van der Waals surface area (Å²) >= 11 is 1.47. The highest BCUT2D eigenvalue weighted by atomic mass is 32.1. The van der Waals surface area contributed by atoms with Crippen molar-refractivity contribution in [3.05, 3.63) is 64.7 Å². The fourth-order valence-electron chi connectivity index (χ4n) is 3.62. The summed E-state index contributed by atoms with van der Waals surface area (Å²) in [6.07, 6.45) is -2.87. The smallest absolute Gasteiger partial charge is 0.416 e. The molecule has 1 saturated heterocycles. The van der Waals surface area contributed by atoms with Crippen LogP contribution in [0, 0.1) is 0 Å².